The van der Waals surface area contributed by atoms with Crippen molar-refractivity contribution in [3.63, 3.8) is 0 Å². The number of nitrogens with two attached hydrogens (primary N) is 1. The molecule has 0 amide bonds. The molecule has 2 rings (SSSR count). The van der Waals surface area contributed by atoms with E-state index in [1.165, 1.54) is 31.5 Å². The molecule has 0 bridgehead atoms. The van der Waals surface area contributed by atoms with E-state index in [0.717, 1.165) is 23.9 Å². The van der Waals surface area contributed by atoms with Gasteiger partial charge < -0.3 is 20.1 Å². The molecule has 0 radical (unpaired) electrons. The van der Waals surface area contributed by atoms with Gasteiger partial charge in [-0.2, -0.15) is 0 Å². The van der Waals surface area contributed by atoms with Crippen molar-refractivity contribution < 1.29 is 20.1 Å². The number of likely N-dealkylation sites (tertiary alicyclic amines) is 1. The first-order chi connectivity index (χ1) is 11.8. The molecular weight excluding hydrogens is 312 g/mol. The van der Waals surface area contributed by atoms with Crippen molar-refractivity contribution in [3.8, 4) is 5.75 Å². The molecule has 0 saturated carbocycles. The zero-order chi connectivity index (χ0) is 18.4. The number of hydrogen-bond acceptors (Lipinski definition) is 2. The summed E-state index contributed by atoms with van der Waals surface area (Å²) in [4.78, 5) is 1.72. The van der Waals surface area contributed by atoms with E-state index >= 15 is 0 Å². The Kier molecular flexibility index (Phi) is 7.29. The minimum Gasteiger partial charge on any atom is -0.490 e. The minimum atomic E-state index is -0.423. The van der Waals surface area contributed by atoms with Gasteiger partial charge >= 0.3 is 0 Å². The van der Waals surface area contributed by atoms with Crippen LogP contribution in [0.5, 0.6) is 5.75 Å². The number of hydrogen-bond donors (Lipinski definition) is 3. The molecule has 25 heavy (non-hydrogen) atoms. The van der Waals surface area contributed by atoms with Crippen LogP contribution in [0.2, 0.25) is 0 Å². The number of aryl methyl sites for hydroxylation is 1. The predicted octanol–water partition coefficient (Wildman–Crippen LogP) is 0.663. The molecule has 4 heteroatoms. The van der Waals surface area contributed by atoms with Gasteiger partial charge in [-0.15, -0.1) is 0 Å². The Bertz CT molecular complexity index is 539. The molecule has 1 heterocycles. The van der Waals surface area contributed by atoms with Crippen LogP contribution in [0, 0.1) is 6.92 Å². The van der Waals surface area contributed by atoms with Gasteiger partial charge in [-0.25, -0.2) is 0 Å². The first-order valence-electron chi connectivity index (χ1n) is 9.89. The van der Waals surface area contributed by atoms with E-state index < -0.39 is 6.10 Å². The van der Waals surface area contributed by atoms with Crippen LogP contribution in [0.25, 0.3) is 0 Å². The fraction of sp³-hybridized carbons (Fsp3) is 0.714. The van der Waals surface area contributed by atoms with Gasteiger partial charge in [0, 0.05) is 12.8 Å². The van der Waals surface area contributed by atoms with Crippen LogP contribution in [0.4, 0.5) is 0 Å². The quantitative estimate of drug-likeness (QED) is 0.645. The molecule has 1 aliphatic heterocycles. The molecule has 1 saturated heterocycles. The molecule has 3 atom stereocenters. The Labute approximate surface area is 153 Å². The second-order valence-electron chi connectivity index (χ2n) is 8.56. The van der Waals surface area contributed by atoms with Gasteiger partial charge in [-0.1, -0.05) is 32.9 Å². The standard InChI is InChI=1S/C21H36N2O2/c1-6-23-11-7-8-18(23)13-22-14-19(24)15-25-20-10-9-17(12-16(20)2)21(3,4)5/h9-10,12,18-19,22,24H,6-8,11,13-15H2,1-5H3/p+2/t18-,19-/m0/s1. The fourth-order valence-corrected chi connectivity index (χ4v) is 3.76. The third-order valence-electron chi connectivity index (χ3n) is 5.44. The zero-order valence-corrected chi connectivity index (χ0v) is 16.8. The number of rotatable bonds is 8. The summed E-state index contributed by atoms with van der Waals surface area (Å²) in [6.07, 6.45) is 2.25. The number of benzene rings is 1. The fourth-order valence-electron chi connectivity index (χ4n) is 3.76. The van der Waals surface area contributed by atoms with Crippen LogP contribution < -0.4 is 15.0 Å². The number of likely N-dealkylation sites (N-methyl/N-ethyl adjacent to an activating group) is 1. The lowest BCUT2D eigenvalue weighted by Crippen LogP contribution is -3.16. The molecular formula is C21H38N2O2+2. The van der Waals surface area contributed by atoms with Crippen LogP contribution in [0.3, 0.4) is 0 Å². The highest BCUT2D eigenvalue weighted by Gasteiger charge is 2.28. The summed E-state index contributed by atoms with van der Waals surface area (Å²) in [5.74, 6) is 0.879. The third kappa shape index (κ3) is 5.98. The Morgan fingerprint density at radius 3 is 2.76 bits per heavy atom. The van der Waals surface area contributed by atoms with Crippen molar-refractivity contribution in [1.29, 1.82) is 0 Å². The van der Waals surface area contributed by atoms with Crippen molar-refractivity contribution in [3.05, 3.63) is 29.3 Å². The first-order valence-corrected chi connectivity index (χ1v) is 9.89. The summed E-state index contributed by atoms with van der Waals surface area (Å²) in [6.45, 7) is 15.7. The van der Waals surface area contributed by atoms with Gasteiger partial charge in [0.2, 0.25) is 0 Å². The van der Waals surface area contributed by atoms with Crippen molar-refractivity contribution >= 4 is 0 Å². The Hall–Kier alpha value is -1.10. The van der Waals surface area contributed by atoms with Crippen LogP contribution in [0.15, 0.2) is 18.2 Å². The summed E-state index contributed by atoms with van der Waals surface area (Å²) in [5, 5.41) is 12.5. The predicted molar refractivity (Wildman–Crippen MR) is 102 cm³/mol. The summed E-state index contributed by atoms with van der Waals surface area (Å²) in [7, 11) is 0. The molecule has 0 spiro atoms. The first kappa shape index (κ1) is 20.2. The SMILES string of the molecule is CC[NH+]1CCC[C@H]1C[NH2+]C[C@H](O)COc1ccc(C(C)(C)C)cc1C. The molecule has 4 N–H and O–H groups in total. The van der Waals surface area contributed by atoms with Crippen LogP contribution in [0.1, 0.15) is 51.7 Å². The number of quaternary nitrogens is 2. The number of aliphatic hydroxyl groups is 1. The maximum atomic E-state index is 10.2. The Morgan fingerprint density at radius 2 is 2.12 bits per heavy atom. The van der Waals surface area contributed by atoms with E-state index in [0.29, 0.717) is 13.2 Å². The van der Waals surface area contributed by atoms with E-state index in [1.807, 2.05) is 6.07 Å². The normalized spacial score (nSPS) is 22.2. The molecule has 4 nitrogen and oxygen atoms in total. The summed E-state index contributed by atoms with van der Waals surface area (Å²) in [6, 6.07) is 7.11. The Balaban J connectivity index is 1.73. The van der Waals surface area contributed by atoms with Gasteiger partial charge in [0.25, 0.3) is 0 Å². The molecule has 1 unspecified atom stereocenters. The molecule has 1 fully saturated rings. The molecule has 1 aromatic carbocycles. The van der Waals surface area contributed by atoms with Crippen molar-refractivity contribution in [2.24, 2.45) is 0 Å². The number of ether oxygens (including phenoxy) is 1. The largest absolute Gasteiger partial charge is 0.490 e. The average molecular weight is 351 g/mol. The second kappa shape index (κ2) is 9.02. The maximum absolute atomic E-state index is 10.2. The molecule has 142 valence electrons. The van der Waals surface area contributed by atoms with Gasteiger partial charge in [0.15, 0.2) is 0 Å². The van der Waals surface area contributed by atoms with E-state index in [2.05, 4.69) is 52.1 Å². The van der Waals surface area contributed by atoms with Gasteiger partial charge in [0.1, 0.15) is 37.6 Å². The number of aliphatic hydroxyl groups excluding tert-OH is 1. The van der Waals surface area contributed by atoms with Crippen LogP contribution >= 0.6 is 0 Å². The van der Waals surface area contributed by atoms with Gasteiger partial charge in [0.05, 0.1) is 13.1 Å². The molecule has 0 aliphatic carbocycles. The lowest BCUT2D eigenvalue weighted by Gasteiger charge is -2.21. The van der Waals surface area contributed by atoms with Crippen LogP contribution in [-0.4, -0.2) is 50.0 Å². The van der Waals surface area contributed by atoms with E-state index in [9.17, 15) is 5.11 Å². The summed E-state index contributed by atoms with van der Waals surface area (Å²) in [5.41, 5.74) is 2.59. The monoisotopic (exact) mass is 350 g/mol. The zero-order valence-electron chi connectivity index (χ0n) is 16.8. The number of nitrogens with one attached hydrogen (secondary N) is 1. The van der Waals surface area contributed by atoms with Crippen molar-refractivity contribution in [2.75, 3.05) is 32.8 Å². The van der Waals surface area contributed by atoms with E-state index in [-0.39, 0.29) is 5.41 Å². The maximum Gasteiger partial charge on any atom is 0.137 e. The van der Waals surface area contributed by atoms with E-state index in [1.54, 1.807) is 4.90 Å². The summed E-state index contributed by atoms with van der Waals surface area (Å²) < 4.78 is 5.86. The highest BCUT2D eigenvalue weighted by molar-refractivity contribution is 5.38. The second-order valence-corrected chi connectivity index (χ2v) is 8.56. The third-order valence-corrected chi connectivity index (χ3v) is 5.44. The smallest absolute Gasteiger partial charge is 0.137 e. The topological polar surface area (TPSA) is 50.5 Å². The highest BCUT2D eigenvalue weighted by atomic mass is 16.5. The lowest BCUT2D eigenvalue weighted by molar-refractivity contribution is -0.924. The van der Waals surface area contributed by atoms with Crippen molar-refractivity contribution in [2.45, 2.75) is 65.0 Å². The van der Waals surface area contributed by atoms with Crippen molar-refractivity contribution in [1.82, 2.24) is 0 Å². The molecule has 1 aromatic rings. The molecule has 1 aliphatic rings. The average Bonchev–Trinajstić information content (AvgIpc) is 3.00. The highest BCUT2D eigenvalue weighted by Crippen LogP contribution is 2.27. The van der Waals surface area contributed by atoms with Crippen LogP contribution in [-0.2, 0) is 5.41 Å². The van der Waals surface area contributed by atoms with E-state index in [4.69, 9.17) is 4.74 Å². The molecule has 0 aromatic heterocycles. The van der Waals surface area contributed by atoms with Gasteiger partial charge in [-0.05, 0) is 36.5 Å². The minimum absolute atomic E-state index is 0.145. The Morgan fingerprint density at radius 1 is 1.36 bits per heavy atom. The lowest BCUT2D eigenvalue weighted by atomic mass is 9.86. The summed E-state index contributed by atoms with van der Waals surface area (Å²) >= 11 is 0. The van der Waals surface area contributed by atoms with Gasteiger partial charge in [-0.3, -0.25) is 0 Å².